The molecule has 6 heteroatoms. The zero-order valence-corrected chi connectivity index (χ0v) is 12.7. The molecule has 0 atom stereocenters. The maximum Gasteiger partial charge on any atom is 0.315 e. The summed E-state index contributed by atoms with van der Waals surface area (Å²) in [6.07, 6.45) is 0. The van der Waals surface area contributed by atoms with Gasteiger partial charge >= 0.3 is 6.03 Å². The molecule has 0 aliphatic carbocycles. The number of rotatable bonds is 5. The minimum atomic E-state index is -0.445. The molecule has 23 heavy (non-hydrogen) atoms. The summed E-state index contributed by atoms with van der Waals surface area (Å²) in [4.78, 5) is 23.3. The highest BCUT2D eigenvalue weighted by Crippen LogP contribution is 2.13. The van der Waals surface area contributed by atoms with Crippen LogP contribution in [0.1, 0.15) is 11.1 Å². The molecule has 0 aromatic heterocycles. The van der Waals surface area contributed by atoms with Crippen LogP contribution in [0.2, 0.25) is 0 Å². The second kappa shape index (κ2) is 7.93. The lowest BCUT2D eigenvalue weighted by Gasteiger charge is -2.09. The predicted molar refractivity (Wildman–Crippen MR) is 86.4 cm³/mol. The van der Waals surface area contributed by atoms with Crippen LogP contribution < -0.4 is 16.0 Å². The molecule has 0 unspecified atom stereocenters. The van der Waals surface area contributed by atoms with Gasteiger partial charge in [0.1, 0.15) is 5.82 Å². The summed E-state index contributed by atoms with van der Waals surface area (Å²) < 4.78 is 13.4. The fourth-order valence-corrected chi connectivity index (χ4v) is 1.88. The first kappa shape index (κ1) is 16.5. The molecule has 0 aliphatic rings. The van der Waals surface area contributed by atoms with E-state index in [9.17, 15) is 14.0 Å². The van der Waals surface area contributed by atoms with E-state index >= 15 is 0 Å². The SMILES string of the molecule is Cc1ccc(NC(=O)CNC(=O)NCc2ccccc2)cc1F. The smallest absolute Gasteiger partial charge is 0.315 e. The van der Waals surface area contributed by atoms with Gasteiger partial charge in [-0.2, -0.15) is 0 Å². The Morgan fingerprint density at radius 2 is 1.78 bits per heavy atom. The molecule has 0 saturated heterocycles. The van der Waals surface area contributed by atoms with Crippen molar-refractivity contribution in [3.63, 3.8) is 0 Å². The third kappa shape index (κ3) is 5.43. The second-order valence-electron chi connectivity index (χ2n) is 5.03. The maximum absolute atomic E-state index is 13.4. The van der Waals surface area contributed by atoms with E-state index in [1.54, 1.807) is 19.1 Å². The van der Waals surface area contributed by atoms with Crippen molar-refractivity contribution in [3.05, 3.63) is 65.5 Å². The van der Waals surface area contributed by atoms with Crippen LogP contribution in [0, 0.1) is 12.7 Å². The van der Waals surface area contributed by atoms with Crippen LogP contribution in [0.4, 0.5) is 14.9 Å². The number of amides is 3. The summed E-state index contributed by atoms with van der Waals surface area (Å²) in [5.74, 6) is -0.820. The zero-order chi connectivity index (χ0) is 16.7. The molecule has 2 rings (SSSR count). The van der Waals surface area contributed by atoms with E-state index in [2.05, 4.69) is 16.0 Å². The first-order chi connectivity index (χ1) is 11.0. The molecule has 0 fully saturated rings. The van der Waals surface area contributed by atoms with Gasteiger partial charge in [0, 0.05) is 12.2 Å². The van der Waals surface area contributed by atoms with E-state index in [0.717, 1.165) is 5.56 Å². The summed E-state index contributed by atoms with van der Waals surface area (Å²) in [5, 5.41) is 7.61. The van der Waals surface area contributed by atoms with Gasteiger partial charge in [0.15, 0.2) is 0 Å². The van der Waals surface area contributed by atoms with Crippen LogP contribution >= 0.6 is 0 Å². The topological polar surface area (TPSA) is 70.2 Å². The Hall–Kier alpha value is -2.89. The summed E-state index contributed by atoms with van der Waals surface area (Å²) in [5.41, 5.74) is 1.81. The zero-order valence-electron chi connectivity index (χ0n) is 12.7. The number of anilines is 1. The molecule has 0 bridgehead atoms. The quantitative estimate of drug-likeness (QED) is 0.793. The van der Waals surface area contributed by atoms with Gasteiger partial charge in [-0.15, -0.1) is 0 Å². The van der Waals surface area contributed by atoms with Gasteiger partial charge in [0.2, 0.25) is 5.91 Å². The van der Waals surface area contributed by atoms with Crippen molar-refractivity contribution >= 4 is 17.6 Å². The third-order valence-electron chi connectivity index (χ3n) is 3.16. The van der Waals surface area contributed by atoms with E-state index in [-0.39, 0.29) is 6.54 Å². The number of hydrogen-bond donors (Lipinski definition) is 3. The number of carbonyl (C=O) groups is 2. The highest BCUT2D eigenvalue weighted by Gasteiger charge is 2.07. The Bertz CT molecular complexity index is 689. The highest BCUT2D eigenvalue weighted by atomic mass is 19.1. The van der Waals surface area contributed by atoms with Crippen molar-refractivity contribution in [1.29, 1.82) is 0 Å². The molecule has 2 aromatic rings. The van der Waals surface area contributed by atoms with Crippen molar-refractivity contribution in [2.75, 3.05) is 11.9 Å². The van der Waals surface area contributed by atoms with Crippen LogP contribution in [-0.2, 0) is 11.3 Å². The molecular weight excluding hydrogens is 297 g/mol. The largest absolute Gasteiger partial charge is 0.334 e. The van der Waals surface area contributed by atoms with Gasteiger partial charge in [-0.25, -0.2) is 9.18 Å². The van der Waals surface area contributed by atoms with E-state index in [1.165, 1.54) is 6.07 Å². The third-order valence-corrected chi connectivity index (χ3v) is 3.16. The Morgan fingerprint density at radius 3 is 2.48 bits per heavy atom. The Kier molecular flexibility index (Phi) is 5.68. The van der Waals surface area contributed by atoms with Crippen LogP contribution in [-0.4, -0.2) is 18.5 Å². The molecule has 120 valence electrons. The molecule has 3 N–H and O–H groups in total. The lowest BCUT2D eigenvalue weighted by atomic mass is 10.2. The van der Waals surface area contributed by atoms with E-state index in [0.29, 0.717) is 17.8 Å². The number of carbonyl (C=O) groups excluding carboxylic acids is 2. The molecule has 2 aromatic carbocycles. The maximum atomic E-state index is 13.4. The van der Waals surface area contributed by atoms with Gasteiger partial charge < -0.3 is 16.0 Å². The van der Waals surface area contributed by atoms with Crippen LogP contribution in [0.5, 0.6) is 0 Å². The van der Waals surface area contributed by atoms with Crippen molar-refractivity contribution in [1.82, 2.24) is 10.6 Å². The number of halogens is 1. The van der Waals surface area contributed by atoms with E-state index < -0.39 is 17.8 Å². The number of urea groups is 1. The van der Waals surface area contributed by atoms with Crippen molar-refractivity contribution in [2.45, 2.75) is 13.5 Å². The minimum Gasteiger partial charge on any atom is -0.334 e. The molecule has 0 aliphatic heterocycles. The lowest BCUT2D eigenvalue weighted by molar-refractivity contribution is -0.115. The molecule has 3 amide bonds. The van der Waals surface area contributed by atoms with Crippen molar-refractivity contribution in [2.24, 2.45) is 0 Å². The highest BCUT2D eigenvalue weighted by molar-refractivity contribution is 5.94. The average molecular weight is 315 g/mol. The van der Waals surface area contributed by atoms with Gasteiger partial charge in [-0.1, -0.05) is 36.4 Å². The van der Waals surface area contributed by atoms with Crippen molar-refractivity contribution < 1.29 is 14.0 Å². The van der Waals surface area contributed by atoms with E-state index in [4.69, 9.17) is 0 Å². The standard InChI is InChI=1S/C17H18FN3O2/c1-12-7-8-14(9-15(12)18)21-16(22)11-20-17(23)19-10-13-5-3-2-4-6-13/h2-9H,10-11H2,1H3,(H,21,22)(H2,19,20,23). The number of hydrogen-bond acceptors (Lipinski definition) is 2. The molecule has 0 spiro atoms. The summed E-state index contributed by atoms with van der Waals surface area (Å²) in [6.45, 7) is 1.81. The molecule has 0 heterocycles. The first-order valence-electron chi connectivity index (χ1n) is 7.16. The monoisotopic (exact) mass is 315 g/mol. The van der Waals surface area contributed by atoms with Gasteiger partial charge in [-0.05, 0) is 30.2 Å². The van der Waals surface area contributed by atoms with Gasteiger partial charge in [0.25, 0.3) is 0 Å². The molecule has 5 nitrogen and oxygen atoms in total. The summed E-state index contributed by atoms with van der Waals surface area (Å²) in [7, 11) is 0. The van der Waals surface area contributed by atoms with Crippen LogP contribution in [0.25, 0.3) is 0 Å². The molecule has 0 saturated carbocycles. The van der Waals surface area contributed by atoms with Crippen LogP contribution in [0.3, 0.4) is 0 Å². The predicted octanol–water partition coefficient (Wildman–Crippen LogP) is 2.57. The van der Waals surface area contributed by atoms with Crippen molar-refractivity contribution in [3.8, 4) is 0 Å². The fourth-order valence-electron chi connectivity index (χ4n) is 1.88. The summed E-state index contributed by atoms with van der Waals surface area (Å²) in [6, 6.07) is 13.4. The second-order valence-corrected chi connectivity index (χ2v) is 5.03. The Morgan fingerprint density at radius 1 is 1.04 bits per heavy atom. The molecular formula is C17H18FN3O2. The average Bonchev–Trinajstić information content (AvgIpc) is 2.55. The fraction of sp³-hybridized carbons (Fsp3) is 0.176. The number of aryl methyl sites for hydroxylation is 1. The summed E-state index contributed by atoms with van der Waals surface area (Å²) >= 11 is 0. The Labute approximate surface area is 133 Å². The first-order valence-corrected chi connectivity index (χ1v) is 7.16. The van der Waals surface area contributed by atoms with Gasteiger partial charge in [-0.3, -0.25) is 4.79 Å². The number of nitrogens with one attached hydrogen (secondary N) is 3. The normalized spacial score (nSPS) is 10.0. The Balaban J connectivity index is 1.73. The van der Waals surface area contributed by atoms with E-state index in [1.807, 2.05) is 30.3 Å². The minimum absolute atomic E-state index is 0.198. The lowest BCUT2D eigenvalue weighted by Crippen LogP contribution is -2.39. The number of benzene rings is 2. The van der Waals surface area contributed by atoms with Crippen LogP contribution in [0.15, 0.2) is 48.5 Å². The van der Waals surface area contributed by atoms with Gasteiger partial charge in [0.05, 0.1) is 6.54 Å². The molecule has 0 radical (unpaired) electrons.